The number of rotatable bonds is 3. The number of benzene rings is 3. The summed E-state index contributed by atoms with van der Waals surface area (Å²) < 4.78 is 0. The molecule has 0 saturated heterocycles. The molecule has 0 amide bonds. The molecular weight excluding hydrogens is 246 g/mol. The van der Waals surface area contributed by atoms with Crippen LogP contribution in [0.5, 0.6) is 0 Å². The molecule has 0 unspecified atom stereocenters. The van der Waals surface area contributed by atoms with Crippen molar-refractivity contribution in [3.05, 3.63) is 71.9 Å². The Kier molecular flexibility index (Phi) is 3.40. The van der Waals surface area contributed by atoms with Crippen LogP contribution in [0.1, 0.15) is 6.92 Å². The van der Waals surface area contributed by atoms with Crippen LogP contribution in [0.2, 0.25) is 0 Å². The maximum atomic E-state index is 12.1. The minimum Gasteiger partial charge on any atom is -0.758 e. The predicted molar refractivity (Wildman–Crippen MR) is 85.8 cm³/mol. The molecule has 2 heteroatoms. The SMILES string of the molecule is CCN([O-])c1ccccc1-c1cccc2ccccc12. The smallest absolute Gasteiger partial charge is 0.0339 e. The molecule has 20 heavy (non-hydrogen) atoms. The van der Waals surface area contributed by atoms with Crippen LogP contribution in [0.3, 0.4) is 0 Å². The summed E-state index contributed by atoms with van der Waals surface area (Å²) in [5.74, 6) is 0. The van der Waals surface area contributed by atoms with E-state index in [0.29, 0.717) is 6.54 Å². The third-order valence-corrected chi connectivity index (χ3v) is 3.54. The van der Waals surface area contributed by atoms with E-state index < -0.39 is 0 Å². The van der Waals surface area contributed by atoms with Crippen molar-refractivity contribution in [1.82, 2.24) is 0 Å². The van der Waals surface area contributed by atoms with Crippen LogP contribution in [0.4, 0.5) is 5.69 Å². The van der Waals surface area contributed by atoms with Gasteiger partial charge in [-0.15, -0.1) is 0 Å². The van der Waals surface area contributed by atoms with Crippen molar-refractivity contribution in [2.45, 2.75) is 6.92 Å². The summed E-state index contributed by atoms with van der Waals surface area (Å²) in [5.41, 5.74) is 2.82. The van der Waals surface area contributed by atoms with Gasteiger partial charge in [-0.05, 0) is 29.3 Å². The van der Waals surface area contributed by atoms with Gasteiger partial charge in [0, 0.05) is 17.8 Å². The van der Waals surface area contributed by atoms with Gasteiger partial charge >= 0.3 is 0 Å². The summed E-state index contributed by atoms with van der Waals surface area (Å²) >= 11 is 0. The zero-order valence-corrected chi connectivity index (χ0v) is 11.4. The zero-order chi connectivity index (χ0) is 13.9. The molecule has 100 valence electrons. The van der Waals surface area contributed by atoms with Crippen molar-refractivity contribution in [2.24, 2.45) is 0 Å². The van der Waals surface area contributed by atoms with Crippen molar-refractivity contribution in [1.29, 1.82) is 0 Å². The Morgan fingerprint density at radius 3 is 2.30 bits per heavy atom. The lowest BCUT2D eigenvalue weighted by molar-refractivity contribution is 1.02. The van der Waals surface area contributed by atoms with E-state index in [1.54, 1.807) is 0 Å². The lowest BCUT2D eigenvalue weighted by Crippen LogP contribution is -2.14. The molecule has 3 rings (SSSR count). The minimum absolute atomic E-state index is 0.446. The Balaban J connectivity index is 2.26. The van der Waals surface area contributed by atoms with Crippen LogP contribution >= 0.6 is 0 Å². The first kappa shape index (κ1) is 12.7. The molecule has 0 bridgehead atoms. The first-order chi connectivity index (χ1) is 9.81. The number of para-hydroxylation sites is 1. The molecule has 0 aliphatic carbocycles. The Morgan fingerprint density at radius 1 is 0.800 bits per heavy atom. The van der Waals surface area contributed by atoms with Crippen LogP contribution in [-0.4, -0.2) is 6.54 Å². The third-order valence-electron chi connectivity index (χ3n) is 3.54. The van der Waals surface area contributed by atoms with E-state index in [1.807, 2.05) is 49.4 Å². The number of hydrogen-bond acceptors (Lipinski definition) is 2. The van der Waals surface area contributed by atoms with E-state index in [9.17, 15) is 5.21 Å². The summed E-state index contributed by atoms with van der Waals surface area (Å²) in [7, 11) is 0. The summed E-state index contributed by atoms with van der Waals surface area (Å²) in [6.45, 7) is 2.31. The topological polar surface area (TPSA) is 26.3 Å². The van der Waals surface area contributed by atoms with E-state index in [4.69, 9.17) is 0 Å². The molecule has 3 aromatic carbocycles. The highest BCUT2D eigenvalue weighted by atomic mass is 16.5. The first-order valence-electron chi connectivity index (χ1n) is 6.83. The van der Waals surface area contributed by atoms with Gasteiger partial charge in [-0.1, -0.05) is 60.7 Å². The van der Waals surface area contributed by atoms with E-state index in [1.165, 1.54) is 10.8 Å². The highest BCUT2D eigenvalue weighted by Gasteiger charge is 2.08. The van der Waals surface area contributed by atoms with Gasteiger partial charge in [0.15, 0.2) is 0 Å². The Hall–Kier alpha value is -2.32. The van der Waals surface area contributed by atoms with Crippen molar-refractivity contribution < 1.29 is 0 Å². The number of fused-ring (bicyclic) bond motifs is 1. The number of anilines is 1. The van der Waals surface area contributed by atoms with Gasteiger partial charge in [0.05, 0.1) is 0 Å². The molecular formula is C18H16NO-. The van der Waals surface area contributed by atoms with Gasteiger partial charge in [0.25, 0.3) is 0 Å². The van der Waals surface area contributed by atoms with E-state index >= 15 is 0 Å². The largest absolute Gasteiger partial charge is 0.758 e. The van der Waals surface area contributed by atoms with Crippen molar-refractivity contribution >= 4 is 16.5 Å². The fraction of sp³-hybridized carbons (Fsp3) is 0.111. The Morgan fingerprint density at radius 2 is 1.45 bits per heavy atom. The molecule has 0 fully saturated rings. The lowest BCUT2D eigenvalue weighted by atomic mass is 9.97. The normalized spacial score (nSPS) is 10.7. The first-order valence-corrected chi connectivity index (χ1v) is 6.83. The molecule has 3 aromatic rings. The van der Waals surface area contributed by atoms with Crippen LogP contribution in [0.15, 0.2) is 66.7 Å². The maximum absolute atomic E-state index is 12.1. The fourth-order valence-corrected chi connectivity index (χ4v) is 2.55. The molecule has 0 spiro atoms. The quantitative estimate of drug-likeness (QED) is 0.632. The lowest BCUT2D eigenvalue weighted by Gasteiger charge is -2.31. The van der Waals surface area contributed by atoms with Gasteiger partial charge in [-0.3, -0.25) is 0 Å². The fourth-order valence-electron chi connectivity index (χ4n) is 2.55. The zero-order valence-electron chi connectivity index (χ0n) is 11.4. The Labute approximate surface area is 118 Å². The van der Waals surface area contributed by atoms with E-state index in [-0.39, 0.29) is 0 Å². The van der Waals surface area contributed by atoms with Gasteiger partial charge in [-0.25, -0.2) is 0 Å². The standard InChI is InChI=1S/C18H16NO/c1-2-19(20)18-13-6-5-11-17(18)16-12-7-9-14-8-3-4-10-15(14)16/h3-13H,2H2,1H3/q-1. The van der Waals surface area contributed by atoms with Crippen LogP contribution in [0.25, 0.3) is 21.9 Å². The second-order valence-corrected chi connectivity index (χ2v) is 4.74. The van der Waals surface area contributed by atoms with E-state index in [0.717, 1.165) is 21.9 Å². The predicted octanol–water partition coefficient (Wildman–Crippen LogP) is 4.83. The molecule has 0 saturated carbocycles. The third kappa shape index (κ3) is 2.15. The summed E-state index contributed by atoms with van der Waals surface area (Å²) in [4.78, 5) is 0. The molecule has 0 aliphatic heterocycles. The van der Waals surface area contributed by atoms with Gasteiger partial charge < -0.3 is 10.3 Å². The number of nitrogens with zero attached hydrogens (tertiary/aromatic N) is 1. The van der Waals surface area contributed by atoms with Crippen LogP contribution in [-0.2, 0) is 0 Å². The van der Waals surface area contributed by atoms with Crippen molar-refractivity contribution in [2.75, 3.05) is 11.6 Å². The average molecular weight is 262 g/mol. The van der Waals surface area contributed by atoms with Crippen molar-refractivity contribution in [3.63, 3.8) is 0 Å². The Bertz CT molecular complexity index is 731. The van der Waals surface area contributed by atoms with Gasteiger partial charge in [0.2, 0.25) is 0 Å². The average Bonchev–Trinajstić information content (AvgIpc) is 2.53. The number of hydrogen-bond donors (Lipinski definition) is 0. The van der Waals surface area contributed by atoms with Crippen LogP contribution < -0.4 is 5.06 Å². The molecule has 0 heterocycles. The molecule has 0 aromatic heterocycles. The second-order valence-electron chi connectivity index (χ2n) is 4.74. The highest BCUT2D eigenvalue weighted by molar-refractivity contribution is 5.99. The van der Waals surface area contributed by atoms with Crippen LogP contribution in [0, 0.1) is 5.21 Å². The molecule has 0 radical (unpaired) electrons. The molecule has 0 aliphatic rings. The maximum Gasteiger partial charge on any atom is 0.0339 e. The second kappa shape index (κ2) is 5.35. The highest BCUT2D eigenvalue weighted by Crippen LogP contribution is 2.35. The molecule has 0 atom stereocenters. The summed E-state index contributed by atoms with van der Waals surface area (Å²) in [6.07, 6.45) is 0. The van der Waals surface area contributed by atoms with Gasteiger partial charge in [-0.2, -0.15) is 0 Å². The van der Waals surface area contributed by atoms with Crippen molar-refractivity contribution in [3.8, 4) is 11.1 Å². The number of hydroxylamine groups is 1. The molecule has 2 nitrogen and oxygen atoms in total. The van der Waals surface area contributed by atoms with Gasteiger partial charge in [0.1, 0.15) is 0 Å². The molecule has 0 N–H and O–H groups in total. The minimum atomic E-state index is 0.446. The van der Waals surface area contributed by atoms with E-state index in [2.05, 4.69) is 24.3 Å². The summed E-state index contributed by atoms with van der Waals surface area (Å²) in [6, 6.07) is 22.2. The monoisotopic (exact) mass is 262 g/mol. The summed E-state index contributed by atoms with van der Waals surface area (Å²) in [5, 5.41) is 15.5.